The molecule has 30 heavy (non-hydrogen) atoms. The van der Waals surface area contributed by atoms with Crippen LogP contribution in [-0.4, -0.2) is 29.0 Å². The fraction of sp³-hybridized carbons (Fsp3) is 0.261. The van der Waals surface area contributed by atoms with Gasteiger partial charge in [-0.25, -0.2) is 9.37 Å². The largest absolute Gasteiger partial charge is 0.357 e. The Kier molecular flexibility index (Phi) is 6.61. The first-order valence-electron chi connectivity index (χ1n) is 9.94. The van der Waals surface area contributed by atoms with E-state index in [0.29, 0.717) is 17.2 Å². The number of carbonyl (C=O) groups excluding carboxylic acids is 1. The highest BCUT2D eigenvalue weighted by atomic mass is 19.1. The number of hydrogen-bond donors (Lipinski definition) is 2. The third-order valence-electron chi connectivity index (χ3n) is 4.76. The lowest BCUT2D eigenvalue weighted by Gasteiger charge is -2.20. The summed E-state index contributed by atoms with van der Waals surface area (Å²) in [6.45, 7) is 9.51. The molecule has 156 valence electrons. The third kappa shape index (κ3) is 5.11. The Morgan fingerprint density at radius 2 is 1.63 bits per heavy atom. The van der Waals surface area contributed by atoms with Gasteiger partial charge in [-0.3, -0.25) is 4.79 Å². The molecule has 0 aliphatic rings. The number of halogens is 1. The van der Waals surface area contributed by atoms with Crippen LogP contribution in [0.1, 0.15) is 35.5 Å². The molecule has 7 heteroatoms. The van der Waals surface area contributed by atoms with Crippen molar-refractivity contribution >= 4 is 29.0 Å². The topological polar surface area (TPSA) is 70.2 Å². The number of carbonyl (C=O) groups is 1. The lowest BCUT2D eigenvalue weighted by atomic mass is 10.1. The quantitative estimate of drug-likeness (QED) is 0.572. The highest BCUT2D eigenvalue weighted by Crippen LogP contribution is 2.20. The number of rotatable bonds is 7. The number of nitrogens with zero attached hydrogens (tertiary/aromatic N) is 3. The molecule has 0 radical (unpaired) electrons. The van der Waals surface area contributed by atoms with Gasteiger partial charge >= 0.3 is 0 Å². The Labute approximate surface area is 176 Å². The highest BCUT2D eigenvalue weighted by molar-refractivity contribution is 6.04. The second-order valence-corrected chi connectivity index (χ2v) is 6.98. The van der Waals surface area contributed by atoms with E-state index in [1.165, 1.54) is 6.07 Å². The average molecular weight is 407 g/mol. The van der Waals surface area contributed by atoms with Crippen molar-refractivity contribution in [1.29, 1.82) is 0 Å². The van der Waals surface area contributed by atoms with Crippen LogP contribution < -0.4 is 15.5 Å². The van der Waals surface area contributed by atoms with Gasteiger partial charge in [0, 0.05) is 41.8 Å². The molecule has 3 aromatic rings. The van der Waals surface area contributed by atoms with Crippen molar-refractivity contribution in [2.75, 3.05) is 28.6 Å². The van der Waals surface area contributed by atoms with Crippen LogP contribution in [0.25, 0.3) is 0 Å². The van der Waals surface area contributed by atoms with Crippen LogP contribution in [0.5, 0.6) is 0 Å². The van der Waals surface area contributed by atoms with Crippen molar-refractivity contribution in [2.45, 2.75) is 27.7 Å². The van der Waals surface area contributed by atoms with Crippen LogP contribution in [0.4, 0.5) is 27.5 Å². The first-order valence-corrected chi connectivity index (χ1v) is 9.94. The molecule has 0 saturated heterocycles. The van der Waals surface area contributed by atoms with Gasteiger partial charge in [0.05, 0.1) is 0 Å². The van der Waals surface area contributed by atoms with Crippen LogP contribution in [0.2, 0.25) is 0 Å². The molecule has 1 heterocycles. The molecule has 0 spiro atoms. The molecular formula is C23H26FN5O. The zero-order chi connectivity index (χ0) is 21.7. The summed E-state index contributed by atoms with van der Waals surface area (Å²) in [5.74, 6) is 0.637. The van der Waals surface area contributed by atoms with E-state index in [4.69, 9.17) is 0 Å². The van der Waals surface area contributed by atoms with Gasteiger partial charge in [0.25, 0.3) is 5.91 Å². The smallest absolute Gasteiger partial charge is 0.255 e. The van der Waals surface area contributed by atoms with Crippen molar-refractivity contribution < 1.29 is 9.18 Å². The zero-order valence-electron chi connectivity index (χ0n) is 17.7. The minimum absolute atomic E-state index is 0.275. The normalized spacial score (nSPS) is 10.6. The van der Waals surface area contributed by atoms with E-state index in [-0.39, 0.29) is 11.5 Å². The third-order valence-corrected chi connectivity index (χ3v) is 4.76. The van der Waals surface area contributed by atoms with Crippen LogP contribution >= 0.6 is 0 Å². The zero-order valence-corrected chi connectivity index (χ0v) is 17.7. The van der Waals surface area contributed by atoms with Crippen LogP contribution in [0.3, 0.4) is 0 Å². The molecule has 2 aromatic carbocycles. The van der Waals surface area contributed by atoms with E-state index in [1.54, 1.807) is 31.2 Å². The van der Waals surface area contributed by atoms with Crippen LogP contribution in [-0.2, 0) is 0 Å². The number of amides is 1. The van der Waals surface area contributed by atoms with Gasteiger partial charge in [-0.15, -0.1) is 0 Å². The predicted molar refractivity (Wildman–Crippen MR) is 119 cm³/mol. The lowest BCUT2D eigenvalue weighted by molar-refractivity contribution is 0.102. The second-order valence-electron chi connectivity index (χ2n) is 6.98. The van der Waals surface area contributed by atoms with Gasteiger partial charge in [0.1, 0.15) is 11.6 Å². The minimum Gasteiger partial charge on any atom is -0.357 e. The molecule has 6 nitrogen and oxygen atoms in total. The Morgan fingerprint density at radius 3 is 2.27 bits per heavy atom. The summed E-state index contributed by atoms with van der Waals surface area (Å²) in [7, 11) is 0. The molecule has 1 amide bonds. The van der Waals surface area contributed by atoms with Crippen molar-refractivity contribution in [3.8, 4) is 0 Å². The molecule has 1 aromatic heterocycles. The van der Waals surface area contributed by atoms with Crippen molar-refractivity contribution in [3.63, 3.8) is 0 Å². The number of aromatic nitrogens is 2. The van der Waals surface area contributed by atoms with Crippen LogP contribution in [0, 0.1) is 19.7 Å². The number of anilines is 4. The number of aryl methyl sites for hydroxylation is 2. The van der Waals surface area contributed by atoms with E-state index in [9.17, 15) is 9.18 Å². The molecule has 0 aliphatic heterocycles. The molecule has 0 fully saturated rings. The maximum absolute atomic E-state index is 13.7. The fourth-order valence-electron chi connectivity index (χ4n) is 3.02. The van der Waals surface area contributed by atoms with E-state index < -0.39 is 5.82 Å². The Bertz CT molecular complexity index is 1030. The Balaban J connectivity index is 1.70. The van der Waals surface area contributed by atoms with Gasteiger partial charge in [-0.2, -0.15) is 4.98 Å². The van der Waals surface area contributed by atoms with E-state index in [0.717, 1.165) is 30.3 Å². The maximum Gasteiger partial charge on any atom is 0.255 e. The minimum atomic E-state index is -0.399. The molecule has 0 saturated carbocycles. The van der Waals surface area contributed by atoms with Crippen molar-refractivity contribution in [2.24, 2.45) is 0 Å². The molecule has 0 aliphatic carbocycles. The first kappa shape index (κ1) is 21.2. The second kappa shape index (κ2) is 9.35. The molecule has 2 N–H and O–H groups in total. The Morgan fingerprint density at radius 1 is 0.967 bits per heavy atom. The SMILES string of the molecule is CCN(CC)c1cc(C)nc(Nc2ccc(NC(=O)c3ccc(C)c(F)c3)cc2)n1. The van der Waals surface area contributed by atoms with Gasteiger partial charge in [0.2, 0.25) is 5.95 Å². The van der Waals surface area contributed by atoms with Crippen molar-refractivity contribution in [3.05, 3.63) is 71.2 Å². The maximum atomic E-state index is 13.7. The van der Waals surface area contributed by atoms with Gasteiger partial charge < -0.3 is 15.5 Å². The summed E-state index contributed by atoms with van der Waals surface area (Å²) in [5.41, 5.74) is 3.07. The summed E-state index contributed by atoms with van der Waals surface area (Å²) in [4.78, 5) is 23.5. The molecule has 0 bridgehead atoms. The number of hydrogen-bond acceptors (Lipinski definition) is 5. The number of nitrogens with one attached hydrogen (secondary N) is 2. The predicted octanol–water partition coefficient (Wildman–Crippen LogP) is 5.07. The van der Waals surface area contributed by atoms with Crippen molar-refractivity contribution in [1.82, 2.24) is 9.97 Å². The molecule has 0 atom stereocenters. The summed E-state index contributed by atoms with van der Waals surface area (Å²) < 4.78 is 13.7. The van der Waals surface area contributed by atoms with E-state index in [2.05, 4.69) is 39.3 Å². The standard InChI is InChI=1S/C23H26FN5O/c1-5-29(6-2)21-13-16(4)25-23(28-21)27-19-11-9-18(10-12-19)26-22(30)17-8-7-15(3)20(24)14-17/h7-14H,5-6H2,1-4H3,(H,26,30)(H,25,27,28). The Hall–Kier alpha value is -3.48. The summed E-state index contributed by atoms with van der Waals surface area (Å²) in [5, 5.41) is 5.98. The highest BCUT2D eigenvalue weighted by Gasteiger charge is 2.10. The van der Waals surface area contributed by atoms with E-state index >= 15 is 0 Å². The lowest BCUT2D eigenvalue weighted by Crippen LogP contribution is -2.23. The fourth-order valence-corrected chi connectivity index (χ4v) is 3.02. The first-order chi connectivity index (χ1) is 14.4. The van der Waals surface area contributed by atoms with Gasteiger partial charge in [-0.05, 0) is 69.7 Å². The summed E-state index contributed by atoms with van der Waals surface area (Å²) in [6.07, 6.45) is 0. The monoisotopic (exact) mass is 407 g/mol. The van der Waals surface area contributed by atoms with Gasteiger partial charge in [-0.1, -0.05) is 6.07 Å². The summed E-state index contributed by atoms with van der Waals surface area (Å²) in [6, 6.07) is 13.6. The number of benzene rings is 2. The molecular weight excluding hydrogens is 381 g/mol. The van der Waals surface area contributed by atoms with Gasteiger partial charge in [0.15, 0.2) is 0 Å². The average Bonchev–Trinajstić information content (AvgIpc) is 2.72. The molecule has 3 rings (SSSR count). The van der Waals surface area contributed by atoms with E-state index in [1.807, 2.05) is 25.1 Å². The van der Waals surface area contributed by atoms with Crippen LogP contribution in [0.15, 0.2) is 48.5 Å². The summed E-state index contributed by atoms with van der Waals surface area (Å²) >= 11 is 0. The molecule has 0 unspecified atom stereocenters.